The molecule has 1 saturated carbocycles. The number of aromatic amines is 1. The van der Waals surface area contributed by atoms with Gasteiger partial charge in [0.1, 0.15) is 17.3 Å². The predicted octanol–water partition coefficient (Wildman–Crippen LogP) is 2.11. The molecule has 34 heavy (non-hydrogen) atoms. The van der Waals surface area contributed by atoms with Crippen molar-refractivity contribution in [3.05, 3.63) is 30.3 Å². The molecule has 176 valence electrons. The highest BCUT2D eigenvalue weighted by molar-refractivity contribution is 6.14. The molecular formula is C22H25FN10O. The maximum atomic E-state index is 14.5. The molecule has 0 amide bonds. The summed E-state index contributed by atoms with van der Waals surface area (Å²) in [5.74, 6) is 7.17. The lowest BCUT2D eigenvalue weighted by atomic mass is 10.0. The summed E-state index contributed by atoms with van der Waals surface area (Å²) >= 11 is 0. The number of halogens is 1. The van der Waals surface area contributed by atoms with Crippen LogP contribution in [0.25, 0.3) is 21.9 Å². The number of rotatable bonds is 5. The number of anilines is 3. The van der Waals surface area contributed by atoms with Gasteiger partial charge in [0.15, 0.2) is 5.75 Å². The van der Waals surface area contributed by atoms with Crippen LogP contribution in [0.1, 0.15) is 12.8 Å². The second kappa shape index (κ2) is 7.64. The van der Waals surface area contributed by atoms with Crippen molar-refractivity contribution >= 4 is 39.4 Å². The van der Waals surface area contributed by atoms with E-state index in [0.717, 1.165) is 30.3 Å². The lowest BCUT2D eigenvalue weighted by Gasteiger charge is -2.31. The SMILES string of the molecule is CNc1cc(F)cc2c1[nH]c1nc(Oc3cnc(N(C)N)nc3)nc(N3C[C@H]4C[C@@H]3C[C@H]4N)c12. The van der Waals surface area contributed by atoms with Gasteiger partial charge in [-0.25, -0.2) is 20.2 Å². The molecule has 1 saturated heterocycles. The number of ether oxygens (including phenoxy) is 1. The zero-order valence-corrected chi connectivity index (χ0v) is 18.8. The number of nitrogens with zero attached hydrogens (tertiary/aromatic N) is 6. The first-order valence-electron chi connectivity index (χ1n) is 11.1. The van der Waals surface area contributed by atoms with E-state index in [1.54, 1.807) is 14.1 Å². The number of hydrogen-bond acceptors (Lipinski definition) is 10. The van der Waals surface area contributed by atoms with E-state index < -0.39 is 0 Å². The van der Waals surface area contributed by atoms with Crippen molar-refractivity contribution in [3.63, 3.8) is 0 Å². The molecule has 0 radical (unpaired) electrons. The monoisotopic (exact) mass is 464 g/mol. The number of nitrogens with one attached hydrogen (secondary N) is 2. The van der Waals surface area contributed by atoms with Gasteiger partial charge in [-0.3, -0.25) is 5.01 Å². The second-order valence-corrected chi connectivity index (χ2v) is 8.94. The van der Waals surface area contributed by atoms with Gasteiger partial charge in [-0.1, -0.05) is 0 Å². The Bertz CT molecular complexity index is 1390. The molecule has 4 heterocycles. The van der Waals surface area contributed by atoms with Gasteiger partial charge >= 0.3 is 6.01 Å². The fraction of sp³-hybridized carbons (Fsp3) is 0.364. The molecule has 3 aromatic heterocycles. The predicted molar refractivity (Wildman–Crippen MR) is 127 cm³/mol. The van der Waals surface area contributed by atoms with Crippen LogP contribution < -0.4 is 31.5 Å². The highest BCUT2D eigenvalue weighted by Crippen LogP contribution is 2.44. The van der Waals surface area contributed by atoms with Crippen LogP contribution in [0.4, 0.5) is 21.8 Å². The Balaban J connectivity index is 1.50. The van der Waals surface area contributed by atoms with Gasteiger partial charge in [0.2, 0.25) is 5.95 Å². The van der Waals surface area contributed by atoms with Crippen LogP contribution in [0.15, 0.2) is 24.5 Å². The Morgan fingerprint density at radius 3 is 2.68 bits per heavy atom. The van der Waals surface area contributed by atoms with Crippen LogP contribution in [0, 0.1) is 11.7 Å². The normalized spacial score (nSPS) is 21.6. The fourth-order valence-electron chi connectivity index (χ4n) is 5.18. The van der Waals surface area contributed by atoms with Gasteiger partial charge in [0, 0.05) is 38.1 Å². The molecular weight excluding hydrogens is 439 g/mol. The van der Waals surface area contributed by atoms with Crippen molar-refractivity contribution in [2.24, 2.45) is 17.5 Å². The fourth-order valence-corrected chi connectivity index (χ4v) is 5.18. The van der Waals surface area contributed by atoms with Gasteiger partial charge in [0.05, 0.1) is 29.0 Å². The number of piperidine rings is 1. The highest BCUT2D eigenvalue weighted by Gasteiger charge is 2.44. The summed E-state index contributed by atoms with van der Waals surface area (Å²) in [5, 5.41) is 5.83. The van der Waals surface area contributed by atoms with Gasteiger partial charge in [0.25, 0.3) is 0 Å². The third-order valence-electron chi connectivity index (χ3n) is 6.76. The molecule has 0 spiro atoms. The number of H-pyrrole nitrogens is 1. The average molecular weight is 465 g/mol. The molecule has 2 fully saturated rings. The highest BCUT2D eigenvalue weighted by atomic mass is 19.1. The van der Waals surface area contributed by atoms with E-state index in [9.17, 15) is 4.39 Å². The summed E-state index contributed by atoms with van der Waals surface area (Å²) in [6.07, 6.45) is 4.93. The summed E-state index contributed by atoms with van der Waals surface area (Å²) < 4.78 is 20.4. The first kappa shape index (κ1) is 20.8. The van der Waals surface area contributed by atoms with Crippen LogP contribution >= 0.6 is 0 Å². The van der Waals surface area contributed by atoms with Crippen molar-refractivity contribution < 1.29 is 9.13 Å². The Hall–Kier alpha value is -3.77. The second-order valence-electron chi connectivity index (χ2n) is 8.94. The zero-order valence-electron chi connectivity index (χ0n) is 18.8. The molecule has 2 bridgehead atoms. The van der Waals surface area contributed by atoms with E-state index in [-0.39, 0.29) is 23.9 Å². The van der Waals surface area contributed by atoms with Crippen LogP contribution in [-0.4, -0.2) is 57.6 Å². The number of fused-ring (bicyclic) bond motifs is 5. The number of nitrogens with two attached hydrogens (primary N) is 2. The van der Waals surface area contributed by atoms with Crippen molar-refractivity contribution in [1.29, 1.82) is 0 Å². The minimum Gasteiger partial charge on any atom is -0.421 e. The average Bonchev–Trinajstić information content (AvgIpc) is 3.50. The minimum absolute atomic E-state index is 0.144. The maximum Gasteiger partial charge on any atom is 0.326 e. The van der Waals surface area contributed by atoms with E-state index in [4.69, 9.17) is 21.3 Å². The summed E-state index contributed by atoms with van der Waals surface area (Å²) in [7, 11) is 3.40. The largest absolute Gasteiger partial charge is 0.421 e. The molecule has 1 aromatic carbocycles. The number of aromatic nitrogens is 5. The topological polar surface area (TPSA) is 147 Å². The summed E-state index contributed by atoms with van der Waals surface area (Å²) in [6, 6.07) is 3.58. The number of benzene rings is 1. The molecule has 2 aliphatic rings. The summed E-state index contributed by atoms with van der Waals surface area (Å²) in [6.45, 7) is 0.791. The van der Waals surface area contributed by atoms with Crippen molar-refractivity contribution in [2.45, 2.75) is 24.9 Å². The van der Waals surface area contributed by atoms with Gasteiger partial charge in [-0.15, -0.1) is 0 Å². The first-order chi connectivity index (χ1) is 16.4. The summed E-state index contributed by atoms with van der Waals surface area (Å²) in [5.41, 5.74) is 8.25. The molecule has 0 unspecified atom stereocenters. The molecule has 12 heteroatoms. The van der Waals surface area contributed by atoms with E-state index in [0.29, 0.717) is 40.2 Å². The minimum atomic E-state index is -0.337. The van der Waals surface area contributed by atoms with E-state index >= 15 is 0 Å². The van der Waals surface area contributed by atoms with Crippen LogP contribution in [0.2, 0.25) is 0 Å². The van der Waals surface area contributed by atoms with Gasteiger partial charge < -0.3 is 25.7 Å². The van der Waals surface area contributed by atoms with E-state index in [2.05, 4.69) is 30.2 Å². The quantitative estimate of drug-likeness (QED) is 0.256. The van der Waals surface area contributed by atoms with Crippen LogP contribution in [-0.2, 0) is 0 Å². The molecule has 1 aliphatic carbocycles. The Labute approximate surface area is 194 Å². The van der Waals surface area contributed by atoms with Crippen LogP contribution in [0.5, 0.6) is 11.8 Å². The molecule has 3 atom stereocenters. The summed E-state index contributed by atoms with van der Waals surface area (Å²) in [4.78, 5) is 23.3. The third kappa shape index (κ3) is 3.25. The van der Waals surface area contributed by atoms with Crippen molar-refractivity contribution in [1.82, 2.24) is 24.9 Å². The number of hydrogen-bond donors (Lipinski definition) is 4. The molecule has 1 aliphatic heterocycles. The number of hydrazine groups is 1. The Morgan fingerprint density at radius 2 is 2.03 bits per heavy atom. The van der Waals surface area contributed by atoms with Gasteiger partial charge in [-0.05, 0) is 30.9 Å². The first-order valence-corrected chi connectivity index (χ1v) is 11.1. The van der Waals surface area contributed by atoms with Crippen LogP contribution in [0.3, 0.4) is 0 Å². The van der Waals surface area contributed by atoms with Crippen molar-refractivity contribution in [3.8, 4) is 11.8 Å². The molecule has 6 rings (SSSR count). The molecule has 4 aromatic rings. The maximum absolute atomic E-state index is 14.5. The van der Waals surface area contributed by atoms with E-state index in [1.165, 1.54) is 29.5 Å². The lowest BCUT2D eigenvalue weighted by molar-refractivity contribution is 0.436. The Kier molecular flexibility index (Phi) is 4.67. The van der Waals surface area contributed by atoms with Crippen molar-refractivity contribution in [2.75, 3.05) is 35.9 Å². The smallest absolute Gasteiger partial charge is 0.326 e. The standard InChI is InChI=1S/C22H25FN10O/c1-26-16-5-11(23)4-14-17-19(29-18(14)16)30-22(34-13-7-27-21(28-8-13)32(2)25)31-20(17)33-9-10-3-12(33)6-15(10)24/h4-5,7-8,10,12,15,26H,3,6,9,24-25H2,1-2H3,(H,29,30,31)/t10-,12-,15-/m1/s1. The molecule has 6 N–H and O–H groups in total. The van der Waals surface area contributed by atoms with Gasteiger partial charge in [-0.2, -0.15) is 9.97 Å². The van der Waals surface area contributed by atoms with E-state index in [1.807, 2.05) is 0 Å². The lowest BCUT2D eigenvalue weighted by Crippen LogP contribution is -2.41. The third-order valence-corrected chi connectivity index (χ3v) is 6.76. The Morgan fingerprint density at radius 1 is 1.24 bits per heavy atom. The molecule has 11 nitrogen and oxygen atoms in total. The zero-order chi connectivity index (χ0) is 23.6.